The largest absolute Gasteiger partial charge is 0.493 e. The Kier molecular flexibility index (Phi) is 6.17. The van der Waals surface area contributed by atoms with E-state index in [0.717, 1.165) is 10.5 Å². The average molecular weight is 408 g/mol. The number of hydrogen-bond acceptors (Lipinski definition) is 5. The number of nitrogens with zero attached hydrogens (tertiary/aromatic N) is 1. The van der Waals surface area contributed by atoms with E-state index in [-0.39, 0.29) is 24.4 Å². The Labute approximate surface area is 173 Å². The van der Waals surface area contributed by atoms with Gasteiger partial charge < -0.3 is 19.9 Å². The van der Waals surface area contributed by atoms with Gasteiger partial charge in [0.25, 0.3) is 5.91 Å². The minimum absolute atomic E-state index is 0.131. The summed E-state index contributed by atoms with van der Waals surface area (Å²) >= 11 is 0. The van der Waals surface area contributed by atoms with Crippen LogP contribution in [-0.2, 0) is 11.4 Å². The summed E-state index contributed by atoms with van der Waals surface area (Å²) in [5.74, 6) is -0.481. The van der Waals surface area contributed by atoms with Crippen molar-refractivity contribution in [1.82, 2.24) is 10.2 Å². The van der Waals surface area contributed by atoms with E-state index in [4.69, 9.17) is 14.6 Å². The van der Waals surface area contributed by atoms with Gasteiger partial charge >= 0.3 is 12.0 Å². The number of urea groups is 1. The third-order valence-electron chi connectivity index (χ3n) is 4.37. The summed E-state index contributed by atoms with van der Waals surface area (Å²) in [5.41, 5.74) is 1.81. The lowest BCUT2D eigenvalue weighted by Crippen LogP contribution is -2.30. The molecule has 2 aromatic rings. The first-order valence-corrected chi connectivity index (χ1v) is 9.01. The topological polar surface area (TPSA) is 105 Å². The smallest absolute Gasteiger partial charge is 0.335 e. The zero-order valence-corrected chi connectivity index (χ0v) is 16.3. The van der Waals surface area contributed by atoms with Gasteiger partial charge in [0, 0.05) is 6.54 Å². The van der Waals surface area contributed by atoms with Gasteiger partial charge in [-0.25, -0.2) is 9.59 Å². The highest BCUT2D eigenvalue weighted by Crippen LogP contribution is 2.30. The van der Waals surface area contributed by atoms with Crippen molar-refractivity contribution in [3.05, 3.63) is 77.5 Å². The van der Waals surface area contributed by atoms with Gasteiger partial charge in [-0.05, 0) is 41.5 Å². The molecule has 2 aromatic carbocycles. The van der Waals surface area contributed by atoms with Crippen LogP contribution in [0.2, 0.25) is 0 Å². The molecule has 0 unspecified atom stereocenters. The minimum atomic E-state index is -0.988. The van der Waals surface area contributed by atoms with Crippen molar-refractivity contribution < 1.29 is 29.0 Å². The van der Waals surface area contributed by atoms with E-state index in [1.807, 2.05) is 0 Å². The number of methoxy groups -OCH3 is 1. The van der Waals surface area contributed by atoms with Crippen molar-refractivity contribution >= 4 is 24.0 Å². The molecule has 0 radical (unpaired) electrons. The van der Waals surface area contributed by atoms with Gasteiger partial charge in [0.1, 0.15) is 12.3 Å². The van der Waals surface area contributed by atoms with E-state index in [0.29, 0.717) is 17.1 Å². The molecule has 30 heavy (non-hydrogen) atoms. The summed E-state index contributed by atoms with van der Waals surface area (Å²) in [6.45, 7) is 3.89. The van der Waals surface area contributed by atoms with Crippen molar-refractivity contribution in [3.63, 3.8) is 0 Å². The van der Waals surface area contributed by atoms with E-state index in [2.05, 4.69) is 11.9 Å². The molecule has 8 heteroatoms. The molecule has 3 rings (SSSR count). The number of carboxylic acids is 1. The number of rotatable bonds is 8. The maximum absolute atomic E-state index is 12.3. The van der Waals surface area contributed by atoms with Gasteiger partial charge in [0.05, 0.1) is 12.7 Å². The molecule has 0 saturated carbocycles. The number of hydrogen-bond donors (Lipinski definition) is 2. The second-order valence-electron chi connectivity index (χ2n) is 6.39. The number of amides is 3. The van der Waals surface area contributed by atoms with Crippen LogP contribution in [0.15, 0.2) is 60.8 Å². The highest BCUT2D eigenvalue weighted by atomic mass is 16.5. The maximum atomic E-state index is 12.3. The first-order chi connectivity index (χ1) is 14.4. The number of carboxylic acid groups (broad SMARTS) is 1. The van der Waals surface area contributed by atoms with Crippen LogP contribution >= 0.6 is 0 Å². The molecule has 8 nitrogen and oxygen atoms in total. The van der Waals surface area contributed by atoms with Gasteiger partial charge in [-0.1, -0.05) is 24.3 Å². The predicted octanol–water partition coefficient (Wildman–Crippen LogP) is 3.05. The van der Waals surface area contributed by atoms with Crippen molar-refractivity contribution in [3.8, 4) is 11.5 Å². The highest BCUT2D eigenvalue weighted by Gasteiger charge is 2.32. The predicted molar refractivity (Wildman–Crippen MR) is 109 cm³/mol. The van der Waals surface area contributed by atoms with Crippen molar-refractivity contribution in [2.24, 2.45) is 0 Å². The molecule has 0 bridgehead atoms. The minimum Gasteiger partial charge on any atom is -0.493 e. The lowest BCUT2D eigenvalue weighted by Gasteiger charge is -2.12. The zero-order chi connectivity index (χ0) is 21.7. The number of benzene rings is 2. The van der Waals surface area contributed by atoms with Crippen LogP contribution in [0, 0.1) is 0 Å². The van der Waals surface area contributed by atoms with Crippen molar-refractivity contribution in [2.75, 3.05) is 13.7 Å². The monoisotopic (exact) mass is 408 g/mol. The van der Waals surface area contributed by atoms with E-state index < -0.39 is 17.9 Å². The lowest BCUT2D eigenvalue weighted by molar-refractivity contribution is -0.122. The number of nitrogens with one attached hydrogen (secondary N) is 1. The van der Waals surface area contributed by atoms with Crippen LogP contribution < -0.4 is 14.8 Å². The number of carbonyl (C=O) groups is 3. The van der Waals surface area contributed by atoms with Crippen LogP contribution in [0.1, 0.15) is 21.5 Å². The van der Waals surface area contributed by atoms with Crippen LogP contribution in [0.4, 0.5) is 4.79 Å². The molecule has 154 valence electrons. The van der Waals surface area contributed by atoms with Crippen molar-refractivity contribution in [1.29, 1.82) is 0 Å². The third kappa shape index (κ3) is 4.49. The second kappa shape index (κ2) is 8.95. The molecule has 1 aliphatic rings. The average Bonchev–Trinajstić information content (AvgIpc) is 3.00. The Morgan fingerprint density at radius 1 is 1.17 bits per heavy atom. The van der Waals surface area contributed by atoms with E-state index in [1.54, 1.807) is 36.4 Å². The van der Waals surface area contributed by atoms with E-state index in [1.165, 1.54) is 25.3 Å². The highest BCUT2D eigenvalue weighted by molar-refractivity contribution is 6.14. The van der Waals surface area contributed by atoms with E-state index in [9.17, 15) is 14.4 Å². The summed E-state index contributed by atoms with van der Waals surface area (Å²) in [6, 6.07) is 11.0. The lowest BCUT2D eigenvalue weighted by atomic mass is 10.1. The van der Waals surface area contributed by atoms with Crippen LogP contribution in [0.5, 0.6) is 11.5 Å². The molecule has 1 fully saturated rings. The number of aromatic carboxylic acids is 1. The molecule has 2 N–H and O–H groups in total. The van der Waals surface area contributed by atoms with Crippen LogP contribution in [-0.4, -0.2) is 41.6 Å². The molecule has 0 atom stereocenters. The standard InChI is InChI=1S/C22H20N2O6/c1-3-10-24-20(25)17(23-22(24)28)11-15-6-9-18(19(12-15)29-2)30-13-14-4-7-16(8-5-14)21(26)27/h3-9,11-12H,1,10,13H2,2H3,(H,23,28)(H,26,27)/b17-11+. The van der Waals surface area contributed by atoms with Crippen LogP contribution in [0.25, 0.3) is 6.08 Å². The Bertz CT molecular complexity index is 1030. The number of ether oxygens (including phenoxy) is 2. The first-order valence-electron chi connectivity index (χ1n) is 9.01. The Morgan fingerprint density at radius 2 is 1.90 bits per heavy atom. The Hall–Kier alpha value is -4.07. The third-order valence-corrected chi connectivity index (χ3v) is 4.37. The van der Waals surface area contributed by atoms with Crippen LogP contribution in [0.3, 0.4) is 0 Å². The fourth-order valence-electron chi connectivity index (χ4n) is 2.83. The Morgan fingerprint density at radius 3 is 2.53 bits per heavy atom. The summed E-state index contributed by atoms with van der Waals surface area (Å²) in [4.78, 5) is 36.1. The van der Waals surface area contributed by atoms with Gasteiger partial charge in [0.15, 0.2) is 11.5 Å². The quantitative estimate of drug-likeness (QED) is 0.395. The number of imide groups is 1. The summed E-state index contributed by atoms with van der Waals surface area (Å²) < 4.78 is 11.1. The van der Waals surface area contributed by atoms with Gasteiger partial charge in [0.2, 0.25) is 0 Å². The Balaban J connectivity index is 1.73. The second-order valence-corrected chi connectivity index (χ2v) is 6.39. The fraction of sp³-hybridized carbons (Fsp3) is 0.136. The first kappa shape index (κ1) is 20.7. The van der Waals surface area contributed by atoms with Gasteiger partial charge in [-0.15, -0.1) is 6.58 Å². The molecule has 1 heterocycles. The van der Waals surface area contributed by atoms with Gasteiger partial charge in [-0.2, -0.15) is 0 Å². The normalized spacial score (nSPS) is 14.6. The molecule has 0 aromatic heterocycles. The molecule has 1 aliphatic heterocycles. The molecular weight excluding hydrogens is 388 g/mol. The maximum Gasteiger partial charge on any atom is 0.335 e. The van der Waals surface area contributed by atoms with Crippen molar-refractivity contribution in [2.45, 2.75) is 6.61 Å². The fourth-order valence-corrected chi connectivity index (χ4v) is 2.83. The molecule has 3 amide bonds. The number of carbonyl (C=O) groups excluding carboxylic acids is 2. The SMILES string of the molecule is C=CCN1C(=O)N/C(=C/c2ccc(OCc3ccc(C(=O)O)cc3)c(OC)c2)C1=O. The summed E-state index contributed by atoms with van der Waals surface area (Å²) in [6.07, 6.45) is 3.03. The summed E-state index contributed by atoms with van der Waals surface area (Å²) in [7, 11) is 1.50. The van der Waals surface area contributed by atoms with E-state index >= 15 is 0 Å². The molecular formula is C22H20N2O6. The van der Waals surface area contributed by atoms with Gasteiger partial charge in [-0.3, -0.25) is 9.69 Å². The molecule has 0 spiro atoms. The molecule has 1 saturated heterocycles. The molecule has 0 aliphatic carbocycles. The summed E-state index contributed by atoms with van der Waals surface area (Å²) in [5, 5.41) is 11.5. The zero-order valence-electron chi connectivity index (χ0n) is 16.3.